The number of esters is 1. The Bertz CT molecular complexity index is 662. The van der Waals surface area contributed by atoms with E-state index in [1.165, 1.54) is 18.4 Å². The Morgan fingerprint density at radius 2 is 2.09 bits per heavy atom. The number of aromatic nitrogens is 1. The Labute approximate surface area is 137 Å². The number of aryl methyl sites for hydroxylation is 1. The minimum absolute atomic E-state index is 0.0547. The van der Waals surface area contributed by atoms with Gasteiger partial charge in [-0.25, -0.2) is 9.78 Å². The third-order valence-electron chi connectivity index (χ3n) is 3.18. The van der Waals surface area contributed by atoms with Crippen molar-refractivity contribution in [2.75, 3.05) is 7.11 Å². The number of carbonyl (C=O) groups is 2. The van der Waals surface area contributed by atoms with Crippen molar-refractivity contribution in [2.45, 2.75) is 26.8 Å². The minimum Gasteiger partial charge on any atom is -0.467 e. The van der Waals surface area contributed by atoms with Crippen LogP contribution in [-0.4, -0.2) is 30.0 Å². The highest BCUT2D eigenvalue weighted by atomic mass is 32.1. The van der Waals surface area contributed by atoms with Gasteiger partial charge in [0, 0.05) is 10.9 Å². The van der Waals surface area contributed by atoms with Gasteiger partial charge in [0.1, 0.15) is 15.9 Å². The smallest absolute Gasteiger partial charge is 0.328 e. The maximum absolute atomic E-state index is 12.4. The monoisotopic (exact) mass is 338 g/mol. The van der Waals surface area contributed by atoms with Crippen molar-refractivity contribution in [3.05, 3.63) is 27.4 Å². The highest BCUT2D eigenvalue weighted by Crippen LogP contribution is 2.29. The van der Waals surface area contributed by atoms with Crippen LogP contribution in [0.25, 0.3) is 10.6 Å². The molecule has 0 aliphatic rings. The molecule has 0 aliphatic heterocycles. The van der Waals surface area contributed by atoms with Crippen molar-refractivity contribution < 1.29 is 14.3 Å². The van der Waals surface area contributed by atoms with E-state index in [-0.39, 0.29) is 11.8 Å². The normalized spacial score (nSPS) is 12.2. The fourth-order valence-electron chi connectivity index (χ4n) is 1.95. The Hall–Kier alpha value is -1.73. The number of ether oxygens (including phenoxy) is 1. The summed E-state index contributed by atoms with van der Waals surface area (Å²) in [6, 6.07) is 1.30. The molecule has 0 unspecified atom stereocenters. The van der Waals surface area contributed by atoms with E-state index in [0.29, 0.717) is 10.6 Å². The molecule has 0 saturated carbocycles. The molecule has 0 fully saturated rings. The zero-order valence-corrected chi connectivity index (χ0v) is 14.5. The van der Waals surface area contributed by atoms with Gasteiger partial charge in [-0.2, -0.15) is 11.3 Å². The number of rotatable bonds is 5. The summed E-state index contributed by atoms with van der Waals surface area (Å²) in [4.78, 5) is 29.2. The molecule has 0 bridgehead atoms. The van der Waals surface area contributed by atoms with E-state index in [1.54, 1.807) is 18.3 Å². The number of hydrogen-bond acceptors (Lipinski definition) is 6. The maximum atomic E-state index is 12.4. The first-order chi connectivity index (χ1) is 10.4. The zero-order chi connectivity index (χ0) is 16.3. The van der Waals surface area contributed by atoms with Crippen LogP contribution in [0.4, 0.5) is 0 Å². The number of methoxy groups -OCH3 is 1. The molecule has 0 saturated heterocycles. The lowest BCUT2D eigenvalue weighted by Gasteiger charge is -2.19. The SMILES string of the molecule is COC(=O)[C@H](NC(=O)c1sc(-c2ccsc2)nc1C)C(C)C. The van der Waals surface area contributed by atoms with Crippen molar-refractivity contribution in [2.24, 2.45) is 5.92 Å². The first-order valence-electron chi connectivity index (χ1n) is 6.82. The molecule has 1 amide bonds. The summed E-state index contributed by atoms with van der Waals surface area (Å²) in [7, 11) is 1.32. The predicted molar refractivity (Wildman–Crippen MR) is 88.3 cm³/mol. The van der Waals surface area contributed by atoms with Crippen LogP contribution in [0.5, 0.6) is 0 Å². The average Bonchev–Trinajstić information content (AvgIpc) is 3.12. The van der Waals surface area contributed by atoms with Crippen LogP contribution in [0.1, 0.15) is 29.2 Å². The van der Waals surface area contributed by atoms with Gasteiger partial charge in [0.25, 0.3) is 5.91 Å². The molecule has 0 aromatic carbocycles. The Kier molecular flexibility index (Phi) is 5.31. The van der Waals surface area contributed by atoms with Gasteiger partial charge in [0.15, 0.2) is 0 Å². The van der Waals surface area contributed by atoms with Crippen molar-refractivity contribution >= 4 is 34.6 Å². The highest BCUT2D eigenvalue weighted by Gasteiger charge is 2.27. The first kappa shape index (κ1) is 16.6. The topological polar surface area (TPSA) is 68.3 Å². The molecule has 0 aliphatic carbocycles. The number of nitrogens with one attached hydrogen (secondary N) is 1. The number of thiazole rings is 1. The second-order valence-corrected chi connectivity index (χ2v) is 6.94. The molecule has 2 aromatic rings. The molecule has 2 aromatic heterocycles. The lowest BCUT2D eigenvalue weighted by atomic mass is 10.0. The Balaban J connectivity index is 2.21. The second kappa shape index (κ2) is 7.02. The third kappa shape index (κ3) is 3.53. The van der Waals surface area contributed by atoms with Crippen LogP contribution in [-0.2, 0) is 9.53 Å². The molecule has 1 N–H and O–H groups in total. The largest absolute Gasteiger partial charge is 0.467 e. The van der Waals surface area contributed by atoms with Crippen LogP contribution in [0.3, 0.4) is 0 Å². The summed E-state index contributed by atoms with van der Waals surface area (Å²) in [6.45, 7) is 5.51. The summed E-state index contributed by atoms with van der Waals surface area (Å²) in [5.41, 5.74) is 1.67. The number of amides is 1. The van der Waals surface area contributed by atoms with Gasteiger partial charge in [0.2, 0.25) is 0 Å². The van der Waals surface area contributed by atoms with Crippen LogP contribution in [0.2, 0.25) is 0 Å². The summed E-state index contributed by atoms with van der Waals surface area (Å²) in [6.07, 6.45) is 0. The number of nitrogens with zero attached hydrogens (tertiary/aromatic N) is 1. The van der Waals surface area contributed by atoms with Crippen LogP contribution in [0.15, 0.2) is 16.8 Å². The lowest BCUT2D eigenvalue weighted by Crippen LogP contribution is -2.44. The molecule has 118 valence electrons. The Morgan fingerprint density at radius 3 is 2.64 bits per heavy atom. The standard InChI is InChI=1S/C15H18N2O3S2/c1-8(2)11(15(19)20-4)17-13(18)12-9(3)16-14(22-12)10-5-6-21-7-10/h5-8,11H,1-4H3,(H,17,18)/t11-/m1/s1. The summed E-state index contributed by atoms with van der Waals surface area (Å²) in [5, 5.41) is 7.51. The lowest BCUT2D eigenvalue weighted by molar-refractivity contribution is -0.144. The van der Waals surface area contributed by atoms with Gasteiger partial charge < -0.3 is 10.1 Å². The van der Waals surface area contributed by atoms with Crippen LogP contribution < -0.4 is 5.32 Å². The summed E-state index contributed by atoms with van der Waals surface area (Å²) < 4.78 is 4.74. The van der Waals surface area contributed by atoms with E-state index < -0.39 is 12.0 Å². The fraction of sp³-hybridized carbons (Fsp3) is 0.400. The van der Waals surface area contributed by atoms with E-state index in [0.717, 1.165) is 10.6 Å². The molecular weight excluding hydrogens is 320 g/mol. The van der Waals surface area contributed by atoms with E-state index >= 15 is 0 Å². The Morgan fingerprint density at radius 1 is 1.36 bits per heavy atom. The summed E-state index contributed by atoms with van der Waals surface area (Å²) >= 11 is 2.91. The van der Waals surface area contributed by atoms with Crippen LogP contribution in [0, 0.1) is 12.8 Å². The van der Waals surface area contributed by atoms with E-state index in [2.05, 4.69) is 10.3 Å². The van der Waals surface area contributed by atoms with Gasteiger partial charge in [0.05, 0.1) is 12.8 Å². The molecule has 0 spiro atoms. The number of carbonyl (C=O) groups excluding carboxylic acids is 2. The minimum atomic E-state index is -0.663. The zero-order valence-electron chi connectivity index (χ0n) is 12.9. The molecular formula is C15H18N2O3S2. The number of thiophene rings is 1. The quantitative estimate of drug-likeness (QED) is 0.851. The van der Waals surface area contributed by atoms with Gasteiger partial charge in [-0.15, -0.1) is 11.3 Å². The molecule has 2 rings (SSSR count). The van der Waals surface area contributed by atoms with Gasteiger partial charge in [-0.05, 0) is 24.3 Å². The average molecular weight is 338 g/mol. The number of hydrogen-bond donors (Lipinski definition) is 1. The summed E-state index contributed by atoms with van der Waals surface area (Å²) in [5.74, 6) is -0.787. The fourth-order valence-corrected chi connectivity index (χ4v) is 3.63. The van der Waals surface area contributed by atoms with Crippen LogP contribution >= 0.6 is 22.7 Å². The molecule has 2 heterocycles. The van der Waals surface area contributed by atoms with Gasteiger partial charge >= 0.3 is 5.97 Å². The van der Waals surface area contributed by atoms with E-state index in [1.807, 2.05) is 30.7 Å². The van der Waals surface area contributed by atoms with Gasteiger partial charge in [-0.1, -0.05) is 13.8 Å². The highest BCUT2D eigenvalue weighted by molar-refractivity contribution is 7.17. The molecule has 0 radical (unpaired) electrons. The maximum Gasteiger partial charge on any atom is 0.328 e. The van der Waals surface area contributed by atoms with Gasteiger partial charge in [-0.3, -0.25) is 4.79 Å². The first-order valence-corrected chi connectivity index (χ1v) is 8.58. The third-order valence-corrected chi connectivity index (χ3v) is 5.07. The van der Waals surface area contributed by atoms with Crippen molar-refractivity contribution in [3.8, 4) is 10.6 Å². The van der Waals surface area contributed by atoms with Crippen molar-refractivity contribution in [1.29, 1.82) is 0 Å². The molecule has 7 heteroatoms. The van der Waals surface area contributed by atoms with Crippen molar-refractivity contribution in [3.63, 3.8) is 0 Å². The van der Waals surface area contributed by atoms with E-state index in [4.69, 9.17) is 4.74 Å². The molecule has 22 heavy (non-hydrogen) atoms. The predicted octanol–water partition coefficient (Wildman–Crippen LogP) is 3.11. The molecule has 5 nitrogen and oxygen atoms in total. The second-order valence-electron chi connectivity index (χ2n) is 5.16. The van der Waals surface area contributed by atoms with E-state index in [9.17, 15) is 9.59 Å². The van der Waals surface area contributed by atoms with Crippen molar-refractivity contribution in [1.82, 2.24) is 10.3 Å². The molecule has 1 atom stereocenters.